The Balaban J connectivity index is 1.55. The van der Waals surface area contributed by atoms with Crippen molar-refractivity contribution >= 4 is 33.2 Å². The van der Waals surface area contributed by atoms with Crippen LogP contribution in [0.4, 0.5) is 36.3 Å². The summed E-state index contributed by atoms with van der Waals surface area (Å²) in [5.74, 6) is -0.500. The molecule has 212 valence electrons. The van der Waals surface area contributed by atoms with Gasteiger partial charge < -0.3 is 20.9 Å². The molecule has 0 saturated carbocycles. The molecule has 1 atom stereocenters. The molecule has 9 nitrogen and oxygen atoms in total. The number of sulfonamides is 1. The second-order valence-corrected chi connectivity index (χ2v) is 13.0. The van der Waals surface area contributed by atoms with Crippen molar-refractivity contribution in [2.75, 3.05) is 41.7 Å². The van der Waals surface area contributed by atoms with Crippen molar-refractivity contribution in [2.24, 2.45) is 0 Å². The Hall–Kier alpha value is -3.16. The largest absolute Gasteiger partial charge is 0.421 e. The maximum absolute atomic E-state index is 13.8. The smallest absolute Gasteiger partial charge is 0.369 e. The summed E-state index contributed by atoms with van der Waals surface area (Å²) in [5, 5.41) is 8.98. The molecule has 1 fully saturated rings. The van der Waals surface area contributed by atoms with Crippen molar-refractivity contribution in [1.29, 1.82) is 0 Å². The standard InChI is InChI=1S/C26H34F3N7O2S/c1-24(2,3)35-39(37,38)25(4)11-5-6-19(16-25)32-22-21(26(27,28)29)17-31-23(34-22)33-18-7-9-20(10-8-18)36-14-12-30-13-15-36/h5-11,17,30,35H,12-16H2,1-4H3,(H2,31,32,33,34). The molecule has 4 rings (SSSR count). The molecule has 1 aromatic heterocycles. The number of aromatic nitrogens is 2. The maximum Gasteiger partial charge on any atom is 0.421 e. The third-order valence-corrected chi connectivity index (χ3v) is 8.71. The minimum absolute atomic E-state index is 0.0304. The molecule has 0 amide bonds. The van der Waals surface area contributed by atoms with Crippen LogP contribution in [0.1, 0.15) is 39.7 Å². The van der Waals surface area contributed by atoms with Crippen LogP contribution in [0.15, 0.2) is 54.4 Å². The van der Waals surface area contributed by atoms with Crippen LogP contribution in [-0.4, -0.2) is 54.9 Å². The Labute approximate surface area is 227 Å². The fraction of sp³-hybridized carbons (Fsp3) is 0.462. The van der Waals surface area contributed by atoms with E-state index in [0.29, 0.717) is 11.9 Å². The van der Waals surface area contributed by atoms with Gasteiger partial charge in [0.2, 0.25) is 16.0 Å². The predicted octanol–water partition coefficient (Wildman–Crippen LogP) is 4.38. The van der Waals surface area contributed by atoms with Crippen LogP contribution in [0.5, 0.6) is 0 Å². The zero-order valence-corrected chi connectivity index (χ0v) is 23.2. The van der Waals surface area contributed by atoms with Crippen molar-refractivity contribution in [2.45, 2.75) is 50.6 Å². The lowest BCUT2D eigenvalue weighted by molar-refractivity contribution is -0.137. The first-order chi connectivity index (χ1) is 18.2. The van der Waals surface area contributed by atoms with Gasteiger partial charge in [-0.2, -0.15) is 18.2 Å². The Kier molecular flexibility index (Phi) is 7.97. The number of anilines is 4. The Morgan fingerprint density at radius 2 is 1.72 bits per heavy atom. The predicted molar refractivity (Wildman–Crippen MR) is 148 cm³/mol. The van der Waals surface area contributed by atoms with Gasteiger partial charge in [0.05, 0.1) is 0 Å². The molecule has 2 aliphatic rings. The van der Waals surface area contributed by atoms with Gasteiger partial charge in [0.25, 0.3) is 0 Å². The highest BCUT2D eigenvalue weighted by Gasteiger charge is 2.41. The molecule has 4 N–H and O–H groups in total. The highest BCUT2D eigenvalue weighted by molar-refractivity contribution is 7.91. The zero-order valence-electron chi connectivity index (χ0n) is 22.4. The van der Waals surface area contributed by atoms with Crippen LogP contribution < -0.4 is 25.6 Å². The summed E-state index contributed by atoms with van der Waals surface area (Å²) in [6.45, 7) is 10.3. The van der Waals surface area contributed by atoms with E-state index >= 15 is 0 Å². The van der Waals surface area contributed by atoms with Crippen molar-refractivity contribution in [3.05, 3.63) is 60.0 Å². The molecule has 0 spiro atoms. The van der Waals surface area contributed by atoms with E-state index in [1.54, 1.807) is 26.8 Å². The number of halogens is 3. The summed E-state index contributed by atoms with van der Waals surface area (Å²) in [7, 11) is -3.86. The summed E-state index contributed by atoms with van der Waals surface area (Å²) >= 11 is 0. The third kappa shape index (κ3) is 7.08. The quantitative estimate of drug-likeness (QED) is 0.392. The number of hydrogen-bond acceptors (Lipinski definition) is 8. The molecule has 13 heteroatoms. The molecule has 1 unspecified atom stereocenters. The molecular weight excluding hydrogens is 531 g/mol. The first kappa shape index (κ1) is 28.8. The Morgan fingerprint density at radius 3 is 2.33 bits per heavy atom. The first-order valence-electron chi connectivity index (χ1n) is 12.6. The van der Waals surface area contributed by atoms with E-state index in [-0.39, 0.29) is 18.1 Å². The molecule has 39 heavy (non-hydrogen) atoms. The summed E-state index contributed by atoms with van der Waals surface area (Å²) in [6.07, 6.45) is 0.489. The number of hydrogen-bond donors (Lipinski definition) is 4. The number of rotatable bonds is 7. The van der Waals surface area contributed by atoms with Crippen LogP contribution in [0.25, 0.3) is 0 Å². The van der Waals surface area contributed by atoms with Crippen molar-refractivity contribution in [3.63, 3.8) is 0 Å². The summed E-state index contributed by atoms with van der Waals surface area (Å²) in [6, 6.07) is 7.50. The van der Waals surface area contributed by atoms with Crippen LogP contribution in [0, 0.1) is 0 Å². The molecule has 1 aliphatic carbocycles. The Morgan fingerprint density at radius 1 is 1.05 bits per heavy atom. The average Bonchev–Trinajstić information content (AvgIpc) is 2.83. The molecule has 1 aliphatic heterocycles. The molecule has 1 saturated heterocycles. The first-order valence-corrected chi connectivity index (χ1v) is 14.1. The number of piperazine rings is 1. The minimum atomic E-state index is -4.72. The van der Waals surface area contributed by atoms with Gasteiger partial charge in [-0.25, -0.2) is 18.1 Å². The van der Waals surface area contributed by atoms with Gasteiger partial charge in [-0.15, -0.1) is 0 Å². The lowest BCUT2D eigenvalue weighted by Crippen LogP contribution is -2.51. The minimum Gasteiger partial charge on any atom is -0.369 e. The summed E-state index contributed by atoms with van der Waals surface area (Å²) in [5.41, 5.74) is 0.162. The summed E-state index contributed by atoms with van der Waals surface area (Å²) < 4.78 is 68.9. The number of alkyl halides is 3. The fourth-order valence-corrected chi connectivity index (χ4v) is 6.00. The van der Waals surface area contributed by atoms with E-state index in [4.69, 9.17) is 0 Å². The zero-order chi connectivity index (χ0) is 28.5. The summed E-state index contributed by atoms with van der Waals surface area (Å²) in [4.78, 5) is 10.2. The van der Waals surface area contributed by atoms with Crippen molar-refractivity contribution in [3.8, 4) is 0 Å². The van der Waals surface area contributed by atoms with Gasteiger partial charge in [0.15, 0.2) is 0 Å². The topological polar surface area (TPSA) is 111 Å². The normalized spacial score (nSPS) is 20.5. The van der Waals surface area contributed by atoms with Gasteiger partial charge >= 0.3 is 6.18 Å². The molecule has 0 radical (unpaired) electrons. The van der Waals surface area contributed by atoms with E-state index in [1.165, 1.54) is 19.1 Å². The second-order valence-electron chi connectivity index (χ2n) is 10.9. The number of allylic oxidation sites excluding steroid dienone is 3. The maximum atomic E-state index is 13.8. The van der Waals surface area contributed by atoms with E-state index < -0.39 is 37.9 Å². The van der Waals surface area contributed by atoms with Gasteiger partial charge in [-0.05, 0) is 58.0 Å². The van der Waals surface area contributed by atoms with E-state index in [1.807, 2.05) is 24.3 Å². The lowest BCUT2D eigenvalue weighted by Gasteiger charge is -2.33. The van der Waals surface area contributed by atoms with Crippen LogP contribution >= 0.6 is 0 Å². The van der Waals surface area contributed by atoms with Crippen molar-refractivity contribution < 1.29 is 21.6 Å². The highest BCUT2D eigenvalue weighted by Crippen LogP contribution is 2.37. The van der Waals surface area contributed by atoms with Crippen molar-refractivity contribution in [1.82, 2.24) is 20.0 Å². The van der Waals surface area contributed by atoms with Gasteiger partial charge in [0, 0.05) is 61.4 Å². The average molecular weight is 566 g/mol. The fourth-order valence-electron chi connectivity index (χ4n) is 4.36. The third-order valence-electron chi connectivity index (χ3n) is 6.32. The van der Waals surface area contributed by atoms with Crippen LogP contribution in [0.3, 0.4) is 0 Å². The van der Waals surface area contributed by atoms with E-state index in [9.17, 15) is 21.6 Å². The molecule has 0 bridgehead atoms. The lowest BCUT2D eigenvalue weighted by atomic mass is 9.99. The number of nitrogens with one attached hydrogen (secondary N) is 4. The molecule has 2 aromatic rings. The van der Waals surface area contributed by atoms with Crippen LogP contribution in [-0.2, 0) is 16.2 Å². The molecular formula is C26H34F3N7O2S. The number of nitrogens with zero attached hydrogens (tertiary/aromatic N) is 3. The monoisotopic (exact) mass is 565 g/mol. The van der Waals surface area contributed by atoms with Crippen LogP contribution in [0.2, 0.25) is 0 Å². The van der Waals surface area contributed by atoms with Gasteiger partial charge in [-0.3, -0.25) is 0 Å². The van der Waals surface area contributed by atoms with Gasteiger partial charge in [0.1, 0.15) is 16.1 Å². The van der Waals surface area contributed by atoms with Gasteiger partial charge in [-0.1, -0.05) is 12.2 Å². The number of benzene rings is 1. The highest BCUT2D eigenvalue weighted by atomic mass is 32.2. The van der Waals surface area contributed by atoms with E-state index in [0.717, 1.165) is 31.9 Å². The second kappa shape index (κ2) is 10.8. The SMILES string of the molecule is CC(C)(C)NS(=O)(=O)C1(C)C=CC=C(Nc2nc(Nc3ccc(N4CCNCC4)cc3)ncc2C(F)(F)F)C1. The molecule has 2 heterocycles. The van der Waals surface area contributed by atoms with E-state index in [2.05, 4.69) is 35.5 Å². The Bertz CT molecular complexity index is 1350. The molecule has 1 aromatic carbocycles.